The van der Waals surface area contributed by atoms with Crippen molar-refractivity contribution in [3.8, 4) is 0 Å². The number of hydrogen-bond acceptors (Lipinski definition) is 2. The van der Waals surface area contributed by atoms with Crippen molar-refractivity contribution in [2.24, 2.45) is 0 Å². The third-order valence-electron chi connectivity index (χ3n) is 3.68. The van der Waals surface area contributed by atoms with E-state index in [0.29, 0.717) is 0 Å². The molecule has 2 aromatic carbocycles. The predicted molar refractivity (Wildman–Crippen MR) is 72.5 cm³/mol. The molecule has 94 valence electrons. The zero-order chi connectivity index (χ0) is 12.4. The predicted octanol–water partition coefficient (Wildman–Crippen LogP) is 3.44. The Kier molecular flexibility index (Phi) is 3.31. The van der Waals surface area contributed by atoms with Gasteiger partial charge in [-0.25, -0.2) is 0 Å². The molecule has 0 radical (unpaired) electrons. The van der Waals surface area contributed by atoms with E-state index in [2.05, 4.69) is 24.3 Å². The van der Waals surface area contributed by atoms with Crippen molar-refractivity contribution >= 4 is 10.8 Å². The summed E-state index contributed by atoms with van der Waals surface area (Å²) >= 11 is 0. The minimum atomic E-state index is -0.505. The van der Waals surface area contributed by atoms with E-state index in [-0.39, 0.29) is 6.10 Å². The van der Waals surface area contributed by atoms with Crippen molar-refractivity contribution in [3.05, 3.63) is 48.0 Å². The summed E-state index contributed by atoms with van der Waals surface area (Å²) < 4.78 is 5.66. The average molecular weight is 242 g/mol. The molecule has 0 aromatic heterocycles. The van der Waals surface area contributed by atoms with Crippen molar-refractivity contribution in [2.75, 3.05) is 6.61 Å². The lowest BCUT2D eigenvalue weighted by Crippen LogP contribution is -2.26. The topological polar surface area (TPSA) is 29.5 Å². The molecule has 1 N–H and O–H groups in total. The first-order chi connectivity index (χ1) is 8.84. The standard InChI is InChI=1S/C16H18O2/c17-16(15-7-3-4-10-18-15)14-9-8-12-5-1-2-6-13(12)11-14/h1-2,5-6,8-9,11,15-17H,3-4,7,10H2. The van der Waals surface area contributed by atoms with Gasteiger partial charge in [0, 0.05) is 6.61 Å². The molecule has 0 bridgehead atoms. The van der Waals surface area contributed by atoms with E-state index < -0.39 is 6.10 Å². The second-order valence-corrected chi connectivity index (χ2v) is 4.96. The Bertz CT molecular complexity index is 529. The lowest BCUT2D eigenvalue weighted by Gasteiger charge is -2.27. The molecule has 1 fully saturated rings. The van der Waals surface area contributed by atoms with Crippen LogP contribution in [0.1, 0.15) is 30.9 Å². The van der Waals surface area contributed by atoms with E-state index >= 15 is 0 Å². The number of aliphatic hydroxyl groups is 1. The van der Waals surface area contributed by atoms with Crippen LogP contribution in [0.25, 0.3) is 10.8 Å². The lowest BCUT2D eigenvalue weighted by atomic mass is 9.96. The highest BCUT2D eigenvalue weighted by Crippen LogP contribution is 2.28. The highest BCUT2D eigenvalue weighted by atomic mass is 16.5. The SMILES string of the molecule is OC(c1ccc2ccccc2c1)C1CCCCO1. The fraction of sp³-hybridized carbons (Fsp3) is 0.375. The molecule has 2 aromatic rings. The summed E-state index contributed by atoms with van der Waals surface area (Å²) in [4.78, 5) is 0. The quantitative estimate of drug-likeness (QED) is 0.874. The second kappa shape index (κ2) is 5.09. The Morgan fingerprint density at radius 3 is 2.67 bits per heavy atom. The summed E-state index contributed by atoms with van der Waals surface area (Å²) in [5.41, 5.74) is 0.959. The van der Waals surface area contributed by atoms with Gasteiger partial charge in [0.05, 0.1) is 6.10 Å². The van der Waals surface area contributed by atoms with Crippen molar-refractivity contribution in [1.29, 1.82) is 0 Å². The summed E-state index contributed by atoms with van der Waals surface area (Å²) in [6, 6.07) is 14.4. The number of hydrogen-bond donors (Lipinski definition) is 1. The molecule has 2 heteroatoms. The van der Waals surface area contributed by atoms with Crippen LogP contribution in [-0.4, -0.2) is 17.8 Å². The maximum absolute atomic E-state index is 10.4. The van der Waals surface area contributed by atoms with Crippen LogP contribution in [0.5, 0.6) is 0 Å². The fourth-order valence-corrected chi connectivity index (χ4v) is 2.62. The van der Waals surface area contributed by atoms with Crippen LogP contribution in [0.2, 0.25) is 0 Å². The van der Waals surface area contributed by atoms with Gasteiger partial charge in [-0.2, -0.15) is 0 Å². The first-order valence-electron chi connectivity index (χ1n) is 6.63. The largest absolute Gasteiger partial charge is 0.386 e. The summed E-state index contributed by atoms with van der Waals surface area (Å²) in [7, 11) is 0. The summed E-state index contributed by atoms with van der Waals surface area (Å²) in [6.07, 6.45) is 2.67. The molecule has 1 aliphatic heterocycles. The minimum Gasteiger partial charge on any atom is -0.386 e. The third-order valence-corrected chi connectivity index (χ3v) is 3.68. The Balaban J connectivity index is 1.88. The molecule has 0 saturated carbocycles. The van der Waals surface area contributed by atoms with Gasteiger partial charge in [-0.15, -0.1) is 0 Å². The smallest absolute Gasteiger partial charge is 0.105 e. The molecule has 0 amide bonds. The van der Waals surface area contributed by atoms with Crippen LogP contribution in [0, 0.1) is 0 Å². The molecule has 1 heterocycles. The van der Waals surface area contributed by atoms with E-state index in [0.717, 1.165) is 31.4 Å². The zero-order valence-corrected chi connectivity index (χ0v) is 10.4. The van der Waals surface area contributed by atoms with Gasteiger partial charge in [0.1, 0.15) is 6.10 Å². The monoisotopic (exact) mass is 242 g/mol. The molecule has 2 atom stereocenters. The number of benzene rings is 2. The Morgan fingerprint density at radius 1 is 1.06 bits per heavy atom. The molecule has 1 saturated heterocycles. The number of aliphatic hydroxyl groups excluding tert-OH is 1. The first kappa shape index (κ1) is 11.7. The Hall–Kier alpha value is -1.38. The molecule has 0 aliphatic carbocycles. The van der Waals surface area contributed by atoms with Gasteiger partial charge in [-0.05, 0) is 41.7 Å². The van der Waals surface area contributed by atoms with Gasteiger partial charge in [0.2, 0.25) is 0 Å². The van der Waals surface area contributed by atoms with Crippen LogP contribution in [0.15, 0.2) is 42.5 Å². The lowest BCUT2D eigenvalue weighted by molar-refractivity contribution is -0.0632. The molecule has 0 spiro atoms. The minimum absolute atomic E-state index is 0.0417. The van der Waals surface area contributed by atoms with E-state index in [4.69, 9.17) is 4.74 Å². The van der Waals surface area contributed by atoms with Gasteiger partial charge < -0.3 is 9.84 Å². The molecule has 3 rings (SSSR count). The van der Waals surface area contributed by atoms with Gasteiger partial charge in [0.25, 0.3) is 0 Å². The molecular formula is C16H18O2. The number of ether oxygens (including phenoxy) is 1. The van der Waals surface area contributed by atoms with Gasteiger partial charge in [-0.3, -0.25) is 0 Å². The van der Waals surface area contributed by atoms with E-state index in [1.165, 1.54) is 10.8 Å². The number of rotatable bonds is 2. The molecular weight excluding hydrogens is 224 g/mol. The third kappa shape index (κ3) is 2.26. The maximum Gasteiger partial charge on any atom is 0.105 e. The van der Waals surface area contributed by atoms with Crippen molar-refractivity contribution in [1.82, 2.24) is 0 Å². The van der Waals surface area contributed by atoms with Crippen molar-refractivity contribution in [3.63, 3.8) is 0 Å². The van der Waals surface area contributed by atoms with Crippen LogP contribution < -0.4 is 0 Å². The Labute approximate surface area is 107 Å². The Morgan fingerprint density at radius 2 is 1.89 bits per heavy atom. The molecule has 2 nitrogen and oxygen atoms in total. The summed E-state index contributed by atoms with van der Waals surface area (Å²) in [5, 5.41) is 12.8. The van der Waals surface area contributed by atoms with Gasteiger partial charge in [-0.1, -0.05) is 36.4 Å². The van der Waals surface area contributed by atoms with Crippen LogP contribution in [-0.2, 0) is 4.74 Å². The number of fused-ring (bicyclic) bond motifs is 1. The maximum atomic E-state index is 10.4. The average Bonchev–Trinajstić information content (AvgIpc) is 2.47. The molecule has 2 unspecified atom stereocenters. The molecule has 1 aliphatic rings. The van der Waals surface area contributed by atoms with Crippen LogP contribution in [0.3, 0.4) is 0 Å². The van der Waals surface area contributed by atoms with E-state index in [1.54, 1.807) is 0 Å². The second-order valence-electron chi connectivity index (χ2n) is 4.96. The van der Waals surface area contributed by atoms with Gasteiger partial charge >= 0.3 is 0 Å². The summed E-state index contributed by atoms with van der Waals surface area (Å²) in [5.74, 6) is 0. The highest BCUT2D eigenvalue weighted by molar-refractivity contribution is 5.83. The normalized spacial score (nSPS) is 21.9. The van der Waals surface area contributed by atoms with E-state index in [9.17, 15) is 5.11 Å². The van der Waals surface area contributed by atoms with Crippen LogP contribution in [0.4, 0.5) is 0 Å². The summed E-state index contributed by atoms with van der Waals surface area (Å²) in [6.45, 7) is 0.773. The van der Waals surface area contributed by atoms with Crippen molar-refractivity contribution in [2.45, 2.75) is 31.5 Å². The van der Waals surface area contributed by atoms with E-state index in [1.807, 2.05) is 18.2 Å². The molecule has 18 heavy (non-hydrogen) atoms. The fourth-order valence-electron chi connectivity index (χ4n) is 2.62. The van der Waals surface area contributed by atoms with Crippen LogP contribution >= 0.6 is 0 Å². The first-order valence-corrected chi connectivity index (χ1v) is 6.63. The zero-order valence-electron chi connectivity index (χ0n) is 10.4. The van der Waals surface area contributed by atoms with Gasteiger partial charge in [0.15, 0.2) is 0 Å². The van der Waals surface area contributed by atoms with Crippen molar-refractivity contribution < 1.29 is 9.84 Å². The highest BCUT2D eigenvalue weighted by Gasteiger charge is 2.23.